The first-order valence-corrected chi connectivity index (χ1v) is 10.7. The molecular formula is C23H14Cl2N2O2S. The molecule has 2 heterocycles. The van der Waals surface area contributed by atoms with E-state index in [0.717, 1.165) is 22.2 Å². The Morgan fingerprint density at radius 2 is 1.83 bits per heavy atom. The largest absolute Gasteiger partial charge is 0.489 e. The number of hydrogen-bond donors (Lipinski definition) is 0. The fourth-order valence-electron chi connectivity index (χ4n) is 3.22. The lowest BCUT2D eigenvalue weighted by Gasteiger charge is -2.08. The molecule has 0 spiro atoms. The molecule has 0 saturated carbocycles. The molecule has 5 aromatic rings. The van der Waals surface area contributed by atoms with Crippen molar-refractivity contribution in [2.75, 3.05) is 0 Å². The minimum Gasteiger partial charge on any atom is -0.489 e. The van der Waals surface area contributed by atoms with Gasteiger partial charge in [-0.1, -0.05) is 64.9 Å². The topological polar surface area (TPSA) is 43.6 Å². The van der Waals surface area contributed by atoms with Crippen LogP contribution < -0.4 is 14.8 Å². The van der Waals surface area contributed by atoms with Gasteiger partial charge in [0.15, 0.2) is 4.96 Å². The Labute approximate surface area is 185 Å². The van der Waals surface area contributed by atoms with Crippen LogP contribution in [0.1, 0.15) is 11.1 Å². The van der Waals surface area contributed by atoms with E-state index in [2.05, 4.69) is 4.98 Å². The quantitative estimate of drug-likeness (QED) is 0.369. The Morgan fingerprint density at radius 1 is 1.03 bits per heavy atom. The second kappa shape index (κ2) is 7.76. The fraction of sp³-hybridized carbons (Fsp3) is 0.0435. The number of nitrogens with zero attached hydrogens (tertiary/aromatic N) is 2. The summed E-state index contributed by atoms with van der Waals surface area (Å²) in [6, 6.07) is 20.5. The molecule has 30 heavy (non-hydrogen) atoms. The fourth-order valence-corrected chi connectivity index (χ4v) is 4.67. The molecule has 5 rings (SSSR count). The van der Waals surface area contributed by atoms with Crippen LogP contribution >= 0.6 is 34.5 Å². The zero-order chi connectivity index (χ0) is 20.7. The highest BCUT2D eigenvalue weighted by molar-refractivity contribution is 7.15. The molecule has 0 unspecified atom stereocenters. The molecule has 0 aliphatic heterocycles. The van der Waals surface area contributed by atoms with E-state index < -0.39 is 0 Å². The summed E-state index contributed by atoms with van der Waals surface area (Å²) in [4.78, 5) is 18.1. The Bertz CT molecular complexity index is 1490. The van der Waals surface area contributed by atoms with Gasteiger partial charge in [0.2, 0.25) is 0 Å². The first-order valence-electron chi connectivity index (χ1n) is 9.17. The van der Waals surface area contributed by atoms with Crippen LogP contribution in [-0.4, -0.2) is 9.38 Å². The summed E-state index contributed by atoms with van der Waals surface area (Å²) >= 11 is 13.5. The van der Waals surface area contributed by atoms with Gasteiger partial charge in [-0.3, -0.25) is 4.79 Å². The van der Waals surface area contributed by atoms with E-state index in [1.807, 2.05) is 60.7 Å². The monoisotopic (exact) mass is 452 g/mol. The average Bonchev–Trinajstić information content (AvgIpc) is 3.25. The minimum absolute atomic E-state index is 0.0543. The standard InChI is InChI=1S/C23H14Cl2N2O2S/c24-16-8-7-15(18(25)12-16)13-29-17-9-5-14(6-10-17)11-21-22(28)27-20-4-2-1-3-19(20)26-23(27)30-21/h1-12H,13H2/b21-11-. The van der Waals surface area contributed by atoms with E-state index in [-0.39, 0.29) is 5.56 Å². The van der Waals surface area contributed by atoms with Crippen LogP contribution in [0.15, 0.2) is 71.5 Å². The van der Waals surface area contributed by atoms with Crippen molar-refractivity contribution in [2.45, 2.75) is 6.61 Å². The molecule has 0 atom stereocenters. The summed E-state index contributed by atoms with van der Waals surface area (Å²) in [5.41, 5.74) is 3.38. The number of fused-ring (bicyclic) bond motifs is 3. The molecular weight excluding hydrogens is 439 g/mol. The van der Waals surface area contributed by atoms with Gasteiger partial charge in [-0.15, -0.1) is 0 Å². The lowest BCUT2D eigenvalue weighted by atomic mass is 10.2. The van der Waals surface area contributed by atoms with Crippen LogP contribution in [0.3, 0.4) is 0 Å². The zero-order valence-corrected chi connectivity index (χ0v) is 17.8. The second-order valence-corrected chi connectivity index (χ2v) is 8.58. The summed E-state index contributed by atoms with van der Waals surface area (Å²) in [5.74, 6) is 0.715. The van der Waals surface area contributed by atoms with Gasteiger partial charge in [0.1, 0.15) is 12.4 Å². The predicted molar refractivity (Wildman–Crippen MR) is 123 cm³/mol. The van der Waals surface area contributed by atoms with E-state index in [0.29, 0.717) is 31.9 Å². The van der Waals surface area contributed by atoms with E-state index >= 15 is 0 Å². The lowest BCUT2D eigenvalue weighted by molar-refractivity contribution is 0.306. The van der Waals surface area contributed by atoms with Crippen LogP contribution in [-0.2, 0) is 6.61 Å². The van der Waals surface area contributed by atoms with Crippen molar-refractivity contribution in [1.29, 1.82) is 0 Å². The van der Waals surface area contributed by atoms with Gasteiger partial charge in [0.25, 0.3) is 5.56 Å². The van der Waals surface area contributed by atoms with E-state index in [1.165, 1.54) is 11.3 Å². The highest BCUT2D eigenvalue weighted by Crippen LogP contribution is 2.23. The van der Waals surface area contributed by atoms with Crippen molar-refractivity contribution in [3.63, 3.8) is 0 Å². The van der Waals surface area contributed by atoms with Gasteiger partial charge in [-0.25, -0.2) is 9.38 Å². The van der Waals surface area contributed by atoms with E-state index in [4.69, 9.17) is 27.9 Å². The molecule has 0 N–H and O–H groups in total. The van der Waals surface area contributed by atoms with Gasteiger partial charge in [-0.2, -0.15) is 0 Å². The highest BCUT2D eigenvalue weighted by Gasteiger charge is 2.10. The number of aromatic nitrogens is 2. The lowest BCUT2D eigenvalue weighted by Crippen LogP contribution is -2.22. The maximum atomic E-state index is 12.8. The second-order valence-electron chi connectivity index (χ2n) is 6.73. The smallest absolute Gasteiger partial charge is 0.274 e. The Morgan fingerprint density at radius 3 is 2.63 bits per heavy atom. The third-order valence-electron chi connectivity index (χ3n) is 4.73. The number of benzene rings is 3. The van der Waals surface area contributed by atoms with Crippen molar-refractivity contribution in [3.8, 4) is 5.75 Å². The van der Waals surface area contributed by atoms with Gasteiger partial charge in [0, 0.05) is 15.6 Å². The van der Waals surface area contributed by atoms with Crippen LogP contribution in [0.2, 0.25) is 10.0 Å². The average molecular weight is 453 g/mol. The molecule has 0 saturated heterocycles. The SMILES string of the molecule is O=c1/c(=C/c2ccc(OCc3ccc(Cl)cc3Cl)cc2)sc2nc3ccccc3n12. The molecule has 0 aliphatic rings. The maximum absolute atomic E-state index is 12.8. The van der Waals surface area contributed by atoms with Crippen molar-refractivity contribution in [3.05, 3.63) is 103 Å². The van der Waals surface area contributed by atoms with Crippen molar-refractivity contribution in [1.82, 2.24) is 9.38 Å². The van der Waals surface area contributed by atoms with Gasteiger partial charge < -0.3 is 4.74 Å². The molecule has 148 valence electrons. The highest BCUT2D eigenvalue weighted by atomic mass is 35.5. The van der Waals surface area contributed by atoms with E-state index in [1.54, 1.807) is 16.5 Å². The predicted octanol–water partition coefficient (Wildman–Crippen LogP) is 5.34. The Hall–Kier alpha value is -2.86. The number of imidazole rings is 1. The number of halogens is 2. The normalized spacial score (nSPS) is 12.1. The zero-order valence-electron chi connectivity index (χ0n) is 15.5. The summed E-state index contributed by atoms with van der Waals surface area (Å²) < 4.78 is 8.12. The molecule has 0 radical (unpaired) electrons. The van der Waals surface area contributed by atoms with Gasteiger partial charge in [-0.05, 0) is 48.0 Å². The first-order chi connectivity index (χ1) is 14.6. The van der Waals surface area contributed by atoms with Crippen LogP contribution in [0, 0.1) is 0 Å². The molecule has 0 bridgehead atoms. The van der Waals surface area contributed by atoms with Crippen molar-refractivity contribution >= 4 is 56.6 Å². The number of hydrogen-bond acceptors (Lipinski definition) is 4. The van der Waals surface area contributed by atoms with Crippen LogP contribution in [0.25, 0.3) is 22.1 Å². The van der Waals surface area contributed by atoms with Crippen molar-refractivity contribution < 1.29 is 4.74 Å². The Balaban J connectivity index is 1.40. The van der Waals surface area contributed by atoms with E-state index in [9.17, 15) is 4.79 Å². The third-order valence-corrected chi connectivity index (χ3v) is 6.29. The summed E-state index contributed by atoms with van der Waals surface area (Å²) in [5, 5.41) is 1.17. The third kappa shape index (κ3) is 3.56. The maximum Gasteiger partial charge on any atom is 0.274 e. The molecule has 0 fully saturated rings. The number of para-hydroxylation sites is 2. The summed E-state index contributed by atoms with van der Waals surface area (Å²) in [7, 11) is 0. The molecule has 0 aliphatic carbocycles. The van der Waals surface area contributed by atoms with Gasteiger partial charge in [0.05, 0.1) is 15.6 Å². The molecule has 2 aromatic heterocycles. The number of rotatable bonds is 4. The summed E-state index contributed by atoms with van der Waals surface area (Å²) in [6.45, 7) is 0.346. The molecule has 0 amide bonds. The number of thiazole rings is 1. The molecule has 7 heteroatoms. The van der Waals surface area contributed by atoms with Gasteiger partial charge >= 0.3 is 0 Å². The van der Waals surface area contributed by atoms with Crippen LogP contribution in [0.5, 0.6) is 5.75 Å². The van der Waals surface area contributed by atoms with Crippen LogP contribution in [0.4, 0.5) is 0 Å². The molecule has 3 aromatic carbocycles. The Kier molecular flexibility index (Phi) is 4.95. The molecule has 4 nitrogen and oxygen atoms in total. The van der Waals surface area contributed by atoms with Crippen molar-refractivity contribution in [2.24, 2.45) is 0 Å². The minimum atomic E-state index is -0.0543. The summed E-state index contributed by atoms with van der Waals surface area (Å²) in [6.07, 6.45) is 1.87. The first kappa shape index (κ1) is 19.1. The number of ether oxygens (including phenoxy) is 1.